The van der Waals surface area contributed by atoms with E-state index in [4.69, 9.17) is 19.6 Å². The molecule has 0 spiro atoms. The van der Waals surface area contributed by atoms with E-state index in [0.717, 1.165) is 23.8 Å². The van der Waals surface area contributed by atoms with Gasteiger partial charge in [-0.1, -0.05) is 12.1 Å². The van der Waals surface area contributed by atoms with E-state index in [0.29, 0.717) is 26.4 Å². The van der Waals surface area contributed by atoms with E-state index in [2.05, 4.69) is 16.9 Å². The first-order valence-electron chi connectivity index (χ1n) is 8.09. The Labute approximate surface area is 137 Å². The fourth-order valence-electron chi connectivity index (χ4n) is 2.01. The number of hydrogen-bond acceptors (Lipinski definition) is 6. The number of nitriles is 1. The lowest BCUT2D eigenvalue weighted by Crippen LogP contribution is -2.22. The predicted octanol–water partition coefficient (Wildman–Crippen LogP) is 2.14. The lowest BCUT2D eigenvalue weighted by atomic mass is 10.1. The molecular weight excluding hydrogens is 294 g/mol. The molecule has 1 aromatic carbocycles. The fourth-order valence-corrected chi connectivity index (χ4v) is 2.01. The Morgan fingerprint density at radius 1 is 1.30 bits per heavy atom. The first-order valence-corrected chi connectivity index (χ1v) is 8.09. The van der Waals surface area contributed by atoms with Crippen molar-refractivity contribution in [2.45, 2.75) is 25.8 Å². The second kappa shape index (κ2) is 10.1. The van der Waals surface area contributed by atoms with E-state index in [1.807, 2.05) is 31.3 Å². The number of nitrogens with one attached hydrogen (secondary N) is 2. The van der Waals surface area contributed by atoms with Crippen molar-refractivity contribution in [2.24, 2.45) is 5.92 Å². The van der Waals surface area contributed by atoms with Crippen LogP contribution in [0.4, 0.5) is 0 Å². The van der Waals surface area contributed by atoms with Gasteiger partial charge in [-0.25, -0.2) is 0 Å². The van der Waals surface area contributed by atoms with Gasteiger partial charge in [0, 0.05) is 6.54 Å². The molecule has 23 heavy (non-hydrogen) atoms. The molecule has 2 rings (SSSR count). The lowest BCUT2D eigenvalue weighted by Gasteiger charge is -2.15. The van der Waals surface area contributed by atoms with Crippen molar-refractivity contribution < 1.29 is 14.3 Å². The second-order valence-corrected chi connectivity index (χ2v) is 5.67. The third-order valence-corrected chi connectivity index (χ3v) is 3.58. The number of rotatable bonds is 12. The van der Waals surface area contributed by atoms with Crippen molar-refractivity contribution in [2.75, 3.05) is 33.0 Å². The Balaban J connectivity index is 1.59. The molecule has 1 aliphatic carbocycles. The van der Waals surface area contributed by atoms with Crippen LogP contribution >= 0.6 is 0 Å². The van der Waals surface area contributed by atoms with Crippen molar-refractivity contribution in [3.8, 4) is 11.9 Å². The molecule has 1 saturated carbocycles. The van der Waals surface area contributed by atoms with Crippen LogP contribution in [0.25, 0.3) is 0 Å². The number of hydrogen-bond donors (Lipinski definition) is 2. The summed E-state index contributed by atoms with van der Waals surface area (Å²) in [6.45, 7) is 4.81. The minimum atomic E-state index is 0.0692. The van der Waals surface area contributed by atoms with Crippen LogP contribution in [0.2, 0.25) is 0 Å². The highest BCUT2D eigenvalue weighted by molar-refractivity contribution is 5.30. The van der Waals surface area contributed by atoms with Crippen LogP contribution < -0.4 is 15.5 Å². The fraction of sp³-hybridized carbons (Fsp3) is 0.588. The molecule has 0 heterocycles. The summed E-state index contributed by atoms with van der Waals surface area (Å²) in [5, 5.41) is 10.8. The maximum atomic E-state index is 8.30. The summed E-state index contributed by atoms with van der Waals surface area (Å²) >= 11 is 0. The molecule has 1 aliphatic rings. The zero-order chi connectivity index (χ0) is 16.3. The molecule has 1 atom stereocenters. The van der Waals surface area contributed by atoms with Gasteiger partial charge in [0.25, 0.3) is 0 Å². The van der Waals surface area contributed by atoms with Crippen LogP contribution in [0.1, 0.15) is 31.4 Å². The van der Waals surface area contributed by atoms with Crippen LogP contribution in [-0.4, -0.2) is 33.0 Å². The quantitative estimate of drug-likeness (QED) is 0.266. The van der Waals surface area contributed by atoms with Gasteiger partial charge in [0.05, 0.1) is 32.5 Å². The molecular formula is C17H25N3O3. The Bertz CT molecular complexity index is 500. The van der Waals surface area contributed by atoms with Gasteiger partial charge in [0.1, 0.15) is 5.75 Å². The SMILES string of the molecule is CC(NOCCOCCNC#N)c1cccc(OCC2CC2)c1. The normalized spacial score (nSPS) is 15.0. The third-order valence-electron chi connectivity index (χ3n) is 3.58. The number of ether oxygens (including phenoxy) is 2. The first-order chi connectivity index (χ1) is 11.3. The minimum Gasteiger partial charge on any atom is -0.493 e. The first kappa shape index (κ1) is 17.5. The lowest BCUT2D eigenvalue weighted by molar-refractivity contribution is -0.0179. The topological polar surface area (TPSA) is 75.5 Å². The van der Waals surface area contributed by atoms with Crippen molar-refractivity contribution in [1.29, 1.82) is 5.26 Å². The maximum absolute atomic E-state index is 8.30. The Morgan fingerprint density at radius 3 is 2.96 bits per heavy atom. The molecule has 1 unspecified atom stereocenters. The van der Waals surface area contributed by atoms with Crippen molar-refractivity contribution in [1.82, 2.24) is 10.8 Å². The third kappa shape index (κ3) is 7.33. The van der Waals surface area contributed by atoms with Gasteiger partial charge in [-0.05, 0) is 43.4 Å². The van der Waals surface area contributed by atoms with E-state index >= 15 is 0 Å². The molecule has 1 fully saturated rings. The van der Waals surface area contributed by atoms with Gasteiger partial charge in [-0.15, -0.1) is 0 Å². The summed E-state index contributed by atoms with van der Waals surface area (Å²) < 4.78 is 11.1. The average Bonchev–Trinajstić information content (AvgIpc) is 3.40. The molecule has 1 aromatic rings. The van der Waals surface area contributed by atoms with E-state index in [-0.39, 0.29) is 6.04 Å². The second-order valence-electron chi connectivity index (χ2n) is 5.67. The summed E-state index contributed by atoms with van der Waals surface area (Å²) in [6, 6.07) is 8.16. The van der Waals surface area contributed by atoms with Crippen LogP contribution in [0.3, 0.4) is 0 Å². The van der Waals surface area contributed by atoms with Gasteiger partial charge >= 0.3 is 0 Å². The molecule has 0 aromatic heterocycles. The molecule has 2 N–H and O–H groups in total. The highest BCUT2D eigenvalue weighted by Gasteiger charge is 2.21. The van der Waals surface area contributed by atoms with E-state index in [9.17, 15) is 0 Å². The number of nitrogens with zero attached hydrogens (tertiary/aromatic N) is 1. The molecule has 0 aliphatic heterocycles. The number of benzene rings is 1. The van der Waals surface area contributed by atoms with Gasteiger partial charge < -0.3 is 14.8 Å². The molecule has 126 valence electrons. The molecule has 0 saturated heterocycles. The zero-order valence-corrected chi connectivity index (χ0v) is 13.6. The summed E-state index contributed by atoms with van der Waals surface area (Å²) in [5.41, 5.74) is 4.12. The molecule has 0 amide bonds. The Hall–Kier alpha value is -1.81. The summed E-state index contributed by atoms with van der Waals surface area (Å²) in [7, 11) is 0. The summed E-state index contributed by atoms with van der Waals surface area (Å²) in [5.74, 6) is 1.66. The molecule has 0 bridgehead atoms. The van der Waals surface area contributed by atoms with E-state index < -0.39 is 0 Å². The van der Waals surface area contributed by atoms with E-state index in [1.54, 1.807) is 0 Å². The van der Waals surface area contributed by atoms with Gasteiger partial charge in [-0.3, -0.25) is 4.84 Å². The van der Waals surface area contributed by atoms with Crippen molar-refractivity contribution in [3.63, 3.8) is 0 Å². The molecule has 0 radical (unpaired) electrons. The molecule has 6 heteroatoms. The Morgan fingerprint density at radius 2 is 2.17 bits per heavy atom. The van der Waals surface area contributed by atoms with Crippen LogP contribution in [0.15, 0.2) is 24.3 Å². The Kier molecular flexibility index (Phi) is 7.67. The largest absolute Gasteiger partial charge is 0.493 e. The highest BCUT2D eigenvalue weighted by atomic mass is 16.7. The number of hydroxylamine groups is 1. The van der Waals surface area contributed by atoms with E-state index in [1.165, 1.54) is 12.8 Å². The van der Waals surface area contributed by atoms with Crippen LogP contribution in [-0.2, 0) is 9.57 Å². The average molecular weight is 319 g/mol. The maximum Gasteiger partial charge on any atom is 0.176 e. The van der Waals surface area contributed by atoms with Crippen molar-refractivity contribution in [3.05, 3.63) is 29.8 Å². The standard InChI is InChI=1S/C17H25N3O3/c1-14(20-23-10-9-21-8-7-19-13-18)16-3-2-4-17(11-16)22-12-15-5-6-15/h2-4,11,14-15,19-20H,5-10,12H2,1H3. The highest BCUT2D eigenvalue weighted by Crippen LogP contribution is 2.30. The summed E-state index contributed by atoms with van der Waals surface area (Å²) in [6.07, 6.45) is 4.43. The van der Waals surface area contributed by atoms with Crippen molar-refractivity contribution >= 4 is 0 Å². The van der Waals surface area contributed by atoms with Gasteiger partial charge in [-0.2, -0.15) is 10.7 Å². The minimum absolute atomic E-state index is 0.0692. The van der Waals surface area contributed by atoms with Gasteiger partial charge in [0.2, 0.25) is 0 Å². The monoisotopic (exact) mass is 319 g/mol. The summed E-state index contributed by atoms with van der Waals surface area (Å²) in [4.78, 5) is 5.40. The molecule has 6 nitrogen and oxygen atoms in total. The van der Waals surface area contributed by atoms with Gasteiger partial charge in [0.15, 0.2) is 6.19 Å². The zero-order valence-electron chi connectivity index (χ0n) is 13.6. The van der Waals surface area contributed by atoms with Crippen LogP contribution in [0, 0.1) is 17.4 Å². The predicted molar refractivity (Wildman–Crippen MR) is 86.6 cm³/mol. The smallest absolute Gasteiger partial charge is 0.176 e. The van der Waals surface area contributed by atoms with Crippen LogP contribution in [0.5, 0.6) is 5.75 Å².